The van der Waals surface area contributed by atoms with Crippen LogP contribution in [0.3, 0.4) is 0 Å². The molecule has 0 aliphatic carbocycles. The Morgan fingerprint density at radius 2 is 2.42 bits per heavy atom. The summed E-state index contributed by atoms with van der Waals surface area (Å²) in [5, 5.41) is 8.42. The van der Waals surface area contributed by atoms with Gasteiger partial charge in [0.05, 0.1) is 6.07 Å². The van der Waals surface area contributed by atoms with E-state index in [0.29, 0.717) is 4.47 Å². The molecule has 1 aromatic heterocycles. The molecule has 2 N–H and O–H groups in total. The SMILES string of the molecule is N#CC(N)c1cc(Br)cnc1F. The maximum absolute atomic E-state index is 12.8. The van der Waals surface area contributed by atoms with Crippen LogP contribution in [-0.2, 0) is 0 Å². The van der Waals surface area contributed by atoms with Crippen LogP contribution in [0.25, 0.3) is 0 Å². The third-order valence-electron chi connectivity index (χ3n) is 1.31. The summed E-state index contributed by atoms with van der Waals surface area (Å²) >= 11 is 3.10. The van der Waals surface area contributed by atoms with Crippen LogP contribution in [0.15, 0.2) is 16.7 Å². The molecule has 0 radical (unpaired) electrons. The molecule has 0 saturated heterocycles. The summed E-state index contributed by atoms with van der Waals surface area (Å²) in [5.74, 6) is -0.702. The topological polar surface area (TPSA) is 62.7 Å². The Morgan fingerprint density at radius 3 is 3.00 bits per heavy atom. The third kappa shape index (κ3) is 1.78. The van der Waals surface area contributed by atoms with Crippen molar-refractivity contribution in [2.45, 2.75) is 6.04 Å². The van der Waals surface area contributed by atoms with Crippen LogP contribution < -0.4 is 5.73 Å². The van der Waals surface area contributed by atoms with Gasteiger partial charge in [-0.15, -0.1) is 0 Å². The molecular weight excluding hydrogens is 225 g/mol. The van der Waals surface area contributed by atoms with Gasteiger partial charge in [0.2, 0.25) is 5.95 Å². The van der Waals surface area contributed by atoms with Crippen molar-refractivity contribution in [2.75, 3.05) is 0 Å². The highest BCUT2D eigenvalue weighted by Gasteiger charge is 2.11. The van der Waals surface area contributed by atoms with E-state index in [1.807, 2.05) is 0 Å². The lowest BCUT2D eigenvalue weighted by Crippen LogP contribution is -2.10. The minimum atomic E-state index is -0.963. The van der Waals surface area contributed by atoms with Gasteiger partial charge < -0.3 is 5.73 Å². The van der Waals surface area contributed by atoms with Crippen molar-refractivity contribution >= 4 is 15.9 Å². The van der Waals surface area contributed by atoms with Gasteiger partial charge in [-0.25, -0.2) is 4.98 Å². The molecular formula is C7H5BrFN3. The van der Waals surface area contributed by atoms with Gasteiger partial charge in [-0.3, -0.25) is 0 Å². The summed E-state index contributed by atoms with van der Waals surface area (Å²) in [6.45, 7) is 0. The first kappa shape index (κ1) is 9.10. The first-order valence-electron chi connectivity index (χ1n) is 3.11. The predicted molar refractivity (Wildman–Crippen MR) is 44.4 cm³/mol. The van der Waals surface area contributed by atoms with Crippen LogP contribution in [0.4, 0.5) is 4.39 Å². The average molecular weight is 230 g/mol. The zero-order valence-electron chi connectivity index (χ0n) is 5.96. The number of aromatic nitrogens is 1. The molecule has 0 aliphatic heterocycles. The van der Waals surface area contributed by atoms with E-state index in [2.05, 4.69) is 20.9 Å². The highest BCUT2D eigenvalue weighted by atomic mass is 79.9. The second kappa shape index (κ2) is 3.61. The van der Waals surface area contributed by atoms with E-state index < -0.39 is 12.0 Å². The molecule has 1 rings (SSSR count). The number of nitrogens with two attached hydrogens (primary N) is 1. The molecule has 0 fully saturated rings. The Kier molecular flexibility index (Phi) is 2.74. The normalized spacial score (nSPS) is 12.2. The molecule has 5 heteroatoms. The van der Waals surface area contributed by atoms with Crippen LogP contribution >= 0.6 is 15.9 Å². The fraction of sp³-hybridized carbons (Fsp3) is 0.143. The summed E-state index contributed by atoms with van der Waals surface area (Å²) in [7, 11) is 0. The van der Waals surface area contributed by atoms with E-state index >= 15 is 0 Å². The number of hydrogen-bond donors (Lipinski definition) is 1. The summed E-state index contributed by atoms with van der Waals surface area (Å²) in [6, 6.07) is 2.20. The minimum Gasteiger partial charge on any atom is -0.312 e. The molecule has 1 heterocycles. The van der Waals surface area contributed by atoms with Gasteiger partial charge in [0.15, 0.2) is 0 Å². The summed E-state index contributed by atoms with van der Waals surface area (Å²) < 4.78 is 13.4. The maximum Gasteiger partial charge on any atom is 0.218 e. The molecule has 0 bridgehead atoms. The van der Waals surface area contributed by atoms with Crippen molar-refractivity contribution in [1.82, 2.24) is 4.98 Å². The van der Waals surface area contributed by atoms with Crippen molar-refractivity contribution in [1.29, 1.82) is 5.26 Å². The number of nitriles is 1. The van der Waals surface area contributed by atoms with Crippen LogP contribution in [-0.4, -0.2) is 4.98 Å². The number of hydrogen-bond acceptors (Lipinski definition) is 3. The number of halogens is 2. The summed E-state index contributed by atoms with van der Waals surface area (Å²) in [5.41, 5.74) is 5.41. The quantitative estimate of drug-likeness (QED) is 0.743. The third-order valence-corrected chi connectivity index (χ3v) is 1.74. The molecule has 0 saturated carbocycles. The lowest BCUT2D eigenvalue weighted by Gasteiger charge is -2.03. The second-order valence-corrected chi connectivity index (χ2v) is 3.06. The van der Waals surface area contributed by atoms with E-state index in [9.17, 15) is 4.39 Å². The van der Waals surface area contributed by atoms with Crippen LogP contribution in [0.2, 0.25) is 0 Å². The van der Waals surface area contributed by atoms with Crippen molar-refractivity contribution in [3.05, 3.63) is 28.2 Å². The molecule has 1 atom stereocenters. The van der Waals surface area contributed by atoms with E-state index in [1.165, 1.54) is 12.3 Å². The van der Waals surface area contributed by atoms with E-state index in [1.54, 1.807) is 6.07 Å². The van der Waals surface area contributed by atoms with Crippen molar-refractivity contribution < 1.29 is 4.39 Å². The smallest absolute Gasteiger partial charge is 0.218 e. The Labute approximate surface area is 77.1 Å². The van der Waals surface area contributed by atoms with Gasteiger partial charge in [0.25, 0.3) is 0 Å². The highest BCUT2D eigenvalue weighted by Crippen LogP contribution is 2.17. The molecule has 1 unspecified atom stereocenters. The summed E-state index contributed by atoms with van der Waals surface area (Å²) in [6.07, 6.45) is 1.31. The molecule has 0 amide bonds. The fourth-order valence-corrected chi connectivity index (χ4v) is 1.07. The number of pyridine rings is 1. The van der Waals surface area contributed by atoms with Gasteiger partial charge in [0.1, 0.15) is 6.04 Å². The molecule has 1 aromatic rings. The summed E-state index contributed by atoms with van der Waals surface area (Å²) in [4.78, 5) is 3.40. The van der Waals surface area contributed by atoms with E-state index in [0.717, 1.165) is 0 Å². The van der Waals surface area contributed by atoms with Gasteiger partial charge in [0, 0.05) is 16.2 Å². The number of rotatable bonds is 1. The first-order valence-corrected chi connectivity index (χ1v) is 3.90. The van der Waals surface area contributed by atoms with Gasteiger partial charge in [-0.2, -0.15) is 9.65 Å². The average Bonchev–Trinajstić information content (AvgIpc) is 2.08. The maximum atomic E-state index is 12.8. The van der Waals surface area contributed by atoms with Gasteiger partial charge >= 0.3 is 0 Å². The molecule has 3 nitrogen and oxygen atoms in total. The zero-order chi connectivity index (χ0) is 9.14. The molecule has 0 spiro atoms. The fourth-order valence-electron chi connectivity index (χ4n) is 0.726. The predicted octanol–water partition coefficient (Wildman–Crippen LogP) is 1.51. The van der Waals surface area contributed by atoms with E-state index in [4.69, 9.17) is 11.0 Å². The molecule has 0 aliphatic rings. The Balaban J connectivity index is 3.15. The minimum absolute atomic E-state index is 0.104. The van der Waals surface area contributed by atoms with Crippen molar-refractivity contribution in [2.24, 2.45) is 5.73 Å². The van der Waals surface area contributed by atoms with Crippen LogP contribution in [0.5, 0.6) is 0 Å². The largest absolute Gasteiger partial charge is 0.312 e. The van der Waals surface area contributed by atoms with Crippen molar-refractivity contribution in [3.63, 3.8) is 0 Å². The van der Waals surface area contributed by atoms with Crippen molar-refractivity contribution in [3.8, 4) is 6.07 Å². The first-order chi connectivity index (χ1) is 5.65. The Hall–Kier alpha value is -0.990. The van der Waals surface area contributed by atoms with Gasteiger partial charge in [-0.05, 0) is 22.0 Å². The molecule has 12 heavy (non-hydrogen) atoms. The monoisotopic (exact) mass is 229 g/mol. The lowest BCUT2D eigenvalue weighted by atomic mass is 10.1. The molecule has 62 valence electrons. The highest BCUT2D eigenvalue weighted by molar-refractivity contribution is 9.10. The second-order valence-electron chi connectivity index (χ2n) is 2.14. The Morgan fingerprint density at radius 1 is 1.75 bits per heavy atom. The zero-order valence-corrected chi connectivity index (χ0v) is 7.55. The number of nitrogens with zero attached hydrogens (tertiary/aromatic N) is 2. The standard InChI is InChI=1S/C7H5BrFN3/c8-4-1-5(6(11)2-10)7(9)12-3-4/h1,3,6H,11H2. The van der Waals surface area contributed by atoms with E-state index in [-0.39, 0.29) is 5.56 Å². The Bertz CT molecular complexity index is 334. The van der Waals surface area contributed by atoms with Gasteiger partial charge in [-0.1, -0.05) is 0 Å². The molecule has 0 aromatic carbocycles. The van der Waals surface area contributed by atoms with Crippen LogP contribution in [0.1, 0.15) is 11.6 Å². The van der Waals surface area contributed by atoms with Crippen LogP contribution in [0, 0.1) is 17.3 Å². The lowest BCUT2D eigenvalue weighted by molar-refractivity contribution is 0.560.